The second-order valence-corrected chi connectivity index (χ2v) is 7.75. The van der Waals surface area contributed by atoms with Crippen LogP contribution in [0.1, 0.15) is 44.0 Å². The largest absolute Gasteiger partial charge is 0.454 e. The van der Waals surface area contributed by atoms with E-state index in [0.717, 1.165) is 30.1 Å². The summed E-state index contributed by atoms with van der Waals surface area (Å²) in [5, 5.41) is 0. The number of Topliss-reactive ketones (excluding diaryl/α,β-unsaturated/α-hetero) is 1. The Morgan fingerprint density at radius 3 is 2.70 bits per heavy atom. The molecule has 0 amide bonds. The monoisotopic (exact) mass is 336 g/mol. The number of rotatable bonds is 6. The van der Waals surface area contributed by atoms with Crippen molar-refractivity contribution in [2.75, 3.05) is 19.0 Å². The fourth-order valence-corrected chi connectivity index (χ4v) is 3.26. The highest BCUT2D eigenvalue weighted by Crippen LogP contribution is 2.27. The first-order chi connectivity index (χ1) is 10.9. The van der Waals surface area contributed by atoms with Crippen molar-refractivity contribution in [1.29, 1.82) is 0 Å². The summed E-state index contributed by atoms with van der Waals surface area (Å²) >= 11 is 1.60. The van der Waals surface area contributed by atoms with Crippen molar-refractivity contribution in [2.24, 2.45) is 5.41 Å². The minimum Gasteiger partial charge on any atom is -0.454 e. The van der Waals surface area contributed by atoms with Gasteiger partial charge in [0.2, 0.25) is 0 Å². The maximum absolute atomic E-state index is 12.3. The van der Waals surface area contributed by atoms with Gasteiger partial charge in [0.05, 0.1) is 11.7 Å². The second-order valence-electron chi connectivity index (χ2n) is 6.69. The van der Waals surface area contributed by atoms with Crippen molar-refractivity contribution >= 4 is 23.5 Å². The van der Waals surface area contributed by atoms with Crippen LogP contribution in [-0.2, 0) is 14.3 Å². The molecule has 126 valence electrons. The number of esters is 1. The van der Waals surface area contributed by atoms with E-state index in [0.29, 0.717) is 5.56 Å². The summed E-state index contributed by atoms with van der Waals surface area (Å²) in [5.41, 5.74) is 0.00571. The molecule has 1 fully saturated rings. The fraction of sp³-hybridized carbons (Fsp3) is 0.556. The van der Waals surface area contributed by atoms with Crippen LogP contribution in [0.4, 0.5) is 0 Å². The summed E-state index contributed by atoms with van der Waals surface area (Å²) < 4.78 is 10.8. The molecule has 0 spiro atoms. The molecule has 0 unspecified atom stereocenters. The molecule has 0 bridgehead atoms. The number of ether oxygens (including phenoxy) is 2. The molecule has 23 heavy (non-hydrogen) atoms. The summed E-state index contributed by atoms with van der Waals surface area (Å²) in [6, 6.07) is 7.34. The fourth-order valence-electron chi connectivity index (χ4n) is 2.15. The Balaban J connectivity index is 1.95. The van der Waals surface area contributed by atoms with Crippen LogP contribution in [0.5, 0.6) is 0 Å². The molecule has 4 nitrogen and oxygen atoms in total. The molecule has 0 aliphatic carbocycles. The maximum atomic E-state index is 12.3. The highest BCUT2D eigenvalue weighted by atomic mass is 32.2. The molecule has 1 aliphatic rings. The third-order valence-electron chi connectivity index (χ3n) is 3.73. The van der Waals surface area contributed by atoms with Crippen molar-refractivity contribution in [3.05, 3.63) is 29.8 Å². The molecule has 2 rings (SSSR count). The van der Waals surface area contributed by atoms with E-state index in [9.17, 15) is 9.59 Å². The van der Waals surface area contributed by atoms with Gasteiger partial charge in [0.15, 0.2) is 12.4 Å². The Morgan fingerprint density at radius 1 is 1.30 bits per heavy atom. The third-order valence-corrected chi connectivity index (χ3v) is 4.93. The van der Waals surface area contributed by atoms with Crippen LogP contribution in [0.3, 0.4) is 0 Å². The SMILES string of the molecule is CC(C)(C)C(=O)COC(=O)c1ccccc1SC[C@H]1CCCO1. The number of carbonyl (C=O) groups is 2. The molecule has 0 N–H and O–H groups in total. The Labute approximate surface area is 141 Å². The van der Waals surface area contributed by atoms with Gasteiger partial charge in [0, 0.05) is 22.7 Å². The Hall–Kier alpha value is -1.33. The number of ketones is 1. The molecule has 1 aliphatic heterocycles. The van der Waals surface area contributed by atoms with Crippen LogP contribution in [-0.4, -0.2) is 36.8 Å². The summed E-state index contributed by atoms with van der Waals surface area (Å²) in [7, 11) is 0. The van der Waals surface area contributed by atoms with Crippen molar-refractivity contribution in [2.45, 2.75) is 44.6 Å². The molecular weight excluding hydrogens is 312 g/mol. The Kier molecular flexibility index (Phi) is 6.25. The molecule has 5 heteroatoms. The van der Waals surface area contributed by atoms with Gasteiger partial charge < -0.3 is 9.47 Å². The van der Waals surface area contributed by atoms with Gasteiger partial charge in [-0.25, -0.2) is 4.79 Å². The van der Waals surface area contributed by atoms with Gasteiger partial charge in [-0.1, -0.05) is 32.9 Å². The average molecular weight is 336 g/mol. The standard InChI is InChI=1S/C18H24O4S/c1-18(2,3)16(19)11-22-17(20)14-8-4-5-9-15(14)23-12-13-7-6-10-21-13/h4-5,8-9,13H,6-7,10-12H2,1-3H3/t13-/m1/s1. The van der Waals surface area contributed by atoms with E-state index in [1.807, 2.05) is 32.9 Å². The van der Waals surface area contributed by atoms with Crippen molar-refractivity contribution < 1.29 is 19.1 Å². The van der Waals surface area contributed by atoms with Crippen molar-refractivity contribution in [3.8, 4) is 0 Å². The molecule has 1 heterocycles. The topological polar surface area (TPSA) is 52.6 Å². The van der Waals surface area contributed by atoms with E-state index in [1.165, 1.54) is 0 Å². The summed E-state index contributed by atoms with van der Waals surface area (Å²) in [5.74, 6) is 0.291. The van der Waals surface area contributed by atoms with Crippen LogP contribution in [0.25, 0.3) is 0 Å². The van der Waals surface area contributed by atoms with E-state index in [1.54, 1.807) is 23.9 Å². The summed E-state index contributed by atoms with van der Waals surface area (Å²) in [6.07, 6.45) is 2.43. The minimum absolute atomic E-state index is 0.0876. The average Bonchev–Trinajstić information content (AvgIpc) is 3.03. The molecule has 1 aromatic rings. The number of carbonyl (C=O) groups excluding carboxylic acids is 2. The van der Waals surface area contributed by atoms with Gasteiger partial charge in [-0.3, -0.25) is 4.79 Å². The molecular formula is C18H24O4S. The number of hydrogen-bond acceptors (Lipinski definition) is 5. The lowest BCUT2D eigenvalue weighted by molar-refractivity contribution is -0.129. The number of thioether (sulfide) groups is 1. The van der Waals surface area contributed by atoms with E-state index < -0.39 is 11.4 Å². The van der Waals surface area contributed by atoms with E-state index in [-0.39, 0.29) is 18.5 Å². The van der Waals surface area contributed by atoms with Gasteiger partial charge in [0.1, 0.15) is 0 Å². The quantitative estimate of drug-likeness (QED) is 0.585. The smallest absolute Gasteiger partial charge is 0.339 e. The molecule has 0 radical (unpaired) electrons. The first kappa shape index (κ1) is 18.0. The van der Waals surface area contributed by atoms with Crippen molar-refractivity contribution in [3.63, 3.8) is 0 Å². The lowest BCUT2D eigenvalue weighted by Crippen LogP contribution is -2.26. The van der Waals surface area contributed by atoms with Crippen LogP contribution in [0.15, 0.2) is 29.2 Å². The van der Waals surface area contributed by atoms with Gasteiger partial charge in [0.25, 0.3) is 0 Å². The van der Waals surface area contributed by atoms with Crippen LogP contribution < -0.4 is 0 Å². The van der Waals surface area contributed by atoms with E-state index in [4.69, 9.17) is 9.47 Å². The number of hydrogen-bond donors (Lipinski definition) is 0. The lowest BCUT2D eigenvalue weighted by atomic mass is 9.91. The zero-order valence-corrected chi connectivity index (χ0v) is 14.8. The van der Waals surface area contributed by atoms with Crippen LogP contribution >= 0.6 is 11.8 Å². The minimum atomic E-state index is -0.506. The molecule has 0 aromatic heterocycles. The molecule has 1 aromatic carbocycles. The van der Waals surface area contributed by atoms with Gasteiger partial charge in [-0.2, -0.15) is 0 Å². The first-order valence-electron chi connectivity index (χ1n) is 7.92. The predicted molar refractivity (Wildman–Crippen MR) is 90.9 cm³/mol. The normalized spacial score (nSPS) is 18.0. The Bertz CT molecular complexity index is 556. The summed E-state index contributed by atoms with van der Waals surface area (Å²) in [6.45, 7) is 6.08. The maximum Gasteiger partial charge on any atom is 0.339 e. The summed E-state index contributed by atoms with van der Waals surface area (Å²) in [4.78, 5) is 25.0. The second kappa shape index (κ2) is 7.97. The zero-order valence-electron chi connectivity index (χ0n) is 14.0. The van der Waals surface area contributed by atoms with Gasteiger partial charge in [-0.05, 0) is 25.0 Å². The predicted octanol–water partition coefficient (Wildman–Crippen LogP) is 3.73. The third kappa shape index (κ3) is 5.36. The molecule has 1 atom stereocenters. The van der Waals surface area contributed by atoms with Crippen molar-refractivity contribution in [1.82, 2.24) is 0 Å². The molecule has 0 saturated carbocycles. The Morgan fingerprint density at radius 2 is 2.04 bits per heavy atom. The highest BCUT2D eigenvalue weighted by molar-refractivity contribution is 7.99. The first-order valence-corrected chi connectivity index (χ1v) is 8.90. The van der Waals surface area contributed by atoms with E-state index >= 15 is 0 Å². The lowest BCUT2D eigenvalue weighted by Gasteiger charge is -2.16. The van der Waals surface area contributed by atoms with E-state index in [2.05, 4.69) is 0 Å². The highest BCUT2D eigenvalue weighted by Gasteiger charge is 2.24. The van der Waals surface area contributed by atoms with Crippen LogP contribution in [0, 0.1) is 5.41 Å². The molecule has 1 saturated heterocycles. The van der Waals surface area contributed by atoms with Crippen LogP contribution in [0.2, 0.25) is 0 Å². The zero-order chi connectivity index (χ0) is 16.9. The van der Waals surface area contributed by atoms with Gasteiger partial charge >= 0.3 is 5.97 Å². The van der Waals surface area contributed by atoms with Gasteiger partial charge in [-0.15, -0.1) is 11.8 Å². The number of benzene rings is 1.